The van der Waals surface area contributed by atoms with E-state index in [4.69, 9.17) is 0 Å². The normalized spacial score (nSPS) is 10.6. The Kier molecular flexibility index (Phi) is 3.94. The van der Waals surface area contributed by atoms with E-state index in [0.29, 0.717) is 13.0 Å². The second-order valence-electron chi connectivity index (χ2n) is 4.66. The maximum absolute atomic E-state index is 11.5. The zero-order valence-electron chi connectivity index (χ0n) is 11.1. The second-order valence-corrected chi connectivity index (χ2v) is 4.66. The Morgan fingerprint density at radius 2 is 2.11 bits per heavy atom. The maximum Gasteiger partial charge on any atom is 0.220 e. The molecule has 1 N–H and O–H groups in total. The first-order chi connectivity index (χ1) is 9.06. The molecule has 100 valence electrons. The molecule has 5 heteroatoms. The number of aryl methyl sites for hydroxylation is 1. The zero-order chi connectivity index (χ0) is 13.8. The van der Waals surface area contributed by atoms with E-state index >= 15 is 0 Å². The highest BCUT2D eigenvalue weighted by Crippen LogP contribution is 2.13. The first kappa shape index (κ1) is 13.3. The summed E-state index contributed by atoms with van der Waals surface area (Å²) in [6, 6.07) is 5.91. The molecule has 1 amide bonds. The van der Waals surface area contributed by atoms with Gasteiger partial charge in [-0.05, 0) is 24.6 Å². The number of hydrogen-bond donors (Lipinski definition) is 1. The lowest BCUT2D eigenvalue weighted by Gasteiger charge is -2.05. The molecule has 0 aliphatic heterocycles. The van der Waals surface area contributed by atoms with Gasteiger partial charge in [0.25, 0.3) is 0 Å². The second kappa shape index (κ2) is 5.65. The van der Waals surface area contributed by atoms with E-state index in [-0.39, 0.29) is 18.1 Å². The van der Waals surface area contributed by atoms with Crippen molar-refractivity contribution >= 4 is 22.7 Å². The van der Waals surface area contributed by atoms with Crippen molar-refractivity contribution in [3.8, 4) is 0 Å². The Bertz CT molecular complexity index is 616. The van der Waals surface area contributed by atoms with Gasteiger partial charge in [-0.2, -0.15) is 0 Å². The standard InChI is InChI=1S/C14H17N3O2/c1-10(18)3-6-14(19)15-8-11-4-5-13-12(7-11)16-9-17(13)2/h4-5,7,9H,3,6,8H2,1-2H3,(H,15,19). The number of fused-ring (bicyclic) bond motifs is 1. The van der Waals surface area contributed by atoms with Gasteiger partial charge < -0.3 is 14.7 Å². The Morgan fingerprint density at radius 1 is 1.32 bits per heavy atom. The number of imidazole rings is 1. The van der Waals surface area contributed by atoms with Gasteiger partial charge in [-0.1, -0.05) is 6.07 Å². The molecular weight excluding hydrogens is 242 g/mol. The number of hydrogen-bond acceptors (Lipinski definition) is 3. The fourth-order valence-electron chi connectivity index (χ4n) is 1.87. The highest BCUT2D eigenvalue weighted by atomic mass is 16.2. The van der Waals surface area contributed by atoms with Crippen LogP contribution in [-0.4, -0.2) is 21.2 Å². The van der Waals surface area contributed by atoms with E-state index in [2.05, 4.69) is 10.3 Å². The molecule has 1 aromatic heterocycles. The van der Waals surface area contributed by atoms with Gasteiger partial charge in [0, 0.05) is 26.4 Å². The van der Waals surface area contributed by atoms with Gasteiger partial charge in [0.2, 0.25) is 5.91 Å². The number of benzene rings is 1. The van der Waals surface area contributed by atoms with Gasteiger partial charge in [-0.3, -0.25) is 4.79 Å². The van der Waals surface area contributed by atoms with Gasteiger partial charge >= 0.3 is 0 Å². The minimum Gasteiger partial charge on any atom is -0.352 e. The van der Waals surface area contributed by atoms with Crippen LogP contribution in [-0.2, 0) is 23.2 Å². The third kappa shape index (κ3) is 3.40. The van der Waals surface area contributed by atoms with Crippen molar-refractivity contribution in [1.29, 1.82) is 0 Å². The maximum atomic E-state index is 11.5. The number of carbonyl (C=O) groups excluding carboxylic acids is 2. The molecule has 1 aromatic carbocycles. The number of nitrogens with zero attached hydrogens (tertiary/aromatic N) is 2. The van der Waals surface area contributed by atoms with Gasteiger partial charge in [0.05, 0.1) is 17.4 Å². The summed E-state index contributed by atoms with van der Waals surface area (Å²) in [5, 5.41) is 2.80. The largest absolute Gasteiger partial charge is 0.352 e. The number of rotatable bonds is 5. The molecule has 0 bridgehead atoms. The molecule has 0 aliphatic rings. The van der Waals surface area contributed by atoms with Crippen molar-refractivity contribution in [2.75, 3.05) is 0 Å². The number of carbonyl (C=O) groups is 2. The Hall–Kier alpha value is -2.17. The smallest absolute Gasteiger partial charge is 0.220 e. The van der Waals surface area contributed by atoms with Crippen molar-refractivity contribution < 1.29 is 9.59 Å². The average Bonchev–Trinajstić information content (AvgIpc) is 2.75. The number of ketones is 1. The van der Waals surface area contributed by atoms with Crippen LogP contribution in [0, 0.1) is 0 Å². The van der Waals surface area contributed by atoms with E-state index in [9.17, 15) is 9.59 Å². The summed E-state index contributed by atoms with van der Waals surface area (Å²) in [7, 11) is 1.94. The fraction of sp³-hybridized carbons (Fsp3) is 0.357. The highest BCUT2D eigenvalue weighted by Gasteiger charge is 2.05. The zero-order valence-corrected chi connectivity index (χ0v) is 11.1. The molecule has 0 saturated heterocycles. The molecular formula is C14H17N3O2. The van der Waals surface area contributed by atoms with Gasteiger partial charge in [0.15, 0.2) is 0 Å². The van der Waals surface area contributed by atoms with E-state index in [0.717, 1.165) is 16.6 Å². The number of nitrogens with one attached hydrogen (secondary N) is 1. The lowest BCUT2D eigenvalue weighted by molar-refractivity contribution is -0.124. The monoisotopic (exact) mass is 259 g/mol. The van der Waals surface area contributed by atoms with E-state index in [1.54, 1.807) is 6.33 Å². The lowest BCUT2D eigenvalue weighted by atomic mass is 10.2. The van der Waals surface area contributed by atoms with Gasteiger partial charge in [0.1, 0.15) is 5.78 Å². The van der Waals surface area contributed by atoms with E-state index < -0.39 is 0 Å². The molecule has 0 radical (unpaired) electrons. The summed E-state index contributed by atoms with van der Waals surface area (Å²) in [6.07, 6.45) is 2.31. The topological polar surface area (TPSA) is 64.0 Å². The Morgan fingerprint density at radius 3 is 2.84 bits per heavy atom. The minimum absolute atomic E-state index is 0.0325. The molecule has 2 aromatic rings. The van der Waals surface area contributed by atoms with Crippen LogP contribution in [0.5, 0.6) is 0 Å². The van der Waals surface area contributed by atoms with Crippen LogP contribution in [0.2, 0.25) is 0 Å². The third-order valence-corrected chi connectivity index (χ3v) is 2.98. The predicted octanol–water partition coefficient (Wildman–Crippen LogP) is 1.56. The van der Waals surface area contributed by atoms with Gasteiger partial charge in [-0.15, -0.1) is 0 Å². The summed E-state index contributed by atoms with van der Waals surface area (Å²) in [4.78, 5) is 26.6. The molecule has 2 rings (SSSR count). The van der Waals surface area contributed by atoms with Gasteiger partial charge in [-0.25, -0.2) is 4.98 Å². The van der Waals surface area contributed by atoms with Crippen molar-refractivity contribution in [2.45, 2.75) is 26.3 Å². The summed E-state index contributed by atoms with van der Waals surface area (Å²) >= 11 is 0. The summed E-state index contributed by atoms with van der Waals surface area (Å²) in [6.45, 7) is 1.95. The Balaban J connectivity index is 1.94. The summed E-state index contributed by atoms with van der Waals surface area (Å²) in [5.74, 6) is -0.0682. The quantitative estimate of drug-likeness (QED) is 0.886. The molecule has 0 atom stereocenters. The number of amides is 1. The van der Waals surface area contributed by atoms with Crippen LogP contribution in [0.3, 0.4) is 0 Å². The van der Waals surface area contributed by atoms with Crippen molar-refractivity contribution in [1.82, 2.24) is 14.9 Å². The average molecular weight is 259 g/mol. The van der Waals surface area contributed by atoms with Crippen LogP contribution >= 0.6 is 0 Å². The van der Waals surface area contributed by atoms with E-state index in [1.165, 1.54) is 6.92 Å². The van der Waals surface area contributed by atoms with Crippen molar-refractivity contribution in [3.05, 3.63) is 30.1 Å². The van der Waals surface area contributed by atoms with Crippen molar-refractivity contribution in [2.24, 2.45) is 7.05 Å². The minimum atomic E-state index is -0.101. The third-order valence-electron chi connectivity index (χ3n) is 2.98. The Labute approximate surface area is 111 Å². The number of aromatic nitrogens is 2. The van der Waals surface area contributed by atoms with E-state index in [1.807, 2.05) is 29.8 Å². The molecule has 0 unspecified atom stereocenters. The molecule has 0 aliphatic carbocycles. The van der Waals surface area contributed by atoms with Crippen molar-refractivity contribution in [3.63, 3.8) is 0 Å². The van der Waals surface area contributed by atoms with Crippen LogP contribution in [0.15, 0.2) is 24.5 Å². The molecule has 19 heavy (non-hydrogen) atoms. The first-order valence-corrected chi connectivity index (χ1v) is 6.22. The molecule has 0 fully saturated rings. The molecule has 5 nitrogen and oxygen atoms in total. The predicted molar refractivity (Wildman–Crippen MR) is 72.5 cm³/mol. The van der Waals surface area contributed by atoms with Crippen LogP contribution in [0.1, 0.15) is 25.3 Å². The van der Waals surface area contributed by atoms with Crippen LogP contribution < -0.4 is 5.32 Å². The molecule has 1 heterocycles. The molecule has 0 spiro atoms. The molecule has 0 saturated carbocycles. The van der Waals surface area contributed by atoms with Crippen LogP contribution in [0.4, 0.5) is 0 Å². The summed E-state index contributed by atoms with van der Waals surface area (Å²) in [5.41, 5.74) is 2.98. The lowest BCUT2D eigenvalue weighted by Crippen LogP contribution is -2.22. The SMILES string of the molecule is CC(=O)CCC(=O)NCc1ccc2c(c1)ncn2C. The highest BCUT2D eigenvalue weighted by molar-refractivity contribution is 5.83. The first-order valence-electron chi connectivity index (χ1n) is 6.22. The van der Waals surface area contributed by atoms with Crippen LogP contribution in [0.25, 0.3) is 11.0 Å². The number of Topliss-reactive ketones (excluding diaryl/α,β-unsaturated/α-hetero) is 1. The fourth-order valence-corrected chi connectivity index (χ4v) is 1.87. The summed E-state index contributed by atoms with van der Waals surface area (Å²) < 4.78 is 1.95.